The van der Waals surface area contributed by atoms with E-state index in [2.05, 4.69) is 0 Å². The molecular formula is C60H39NO. The minimum atomic E-state index is -0.419. The molecule has 0 saturated heterocycles. The van der Waals surface area contributed by atoms with Crippen LogP contribution in [0.2, 0.25) is 0 Å². The highest BCUT2D eigenvalue weighted by molar-refractivity contribution is 6.20. The van der Waals surface area contributed by atoms with Gasteiger partial charge in [0.05, 0.1) is 16.7 Å². The summed E-state index contributed by atoms with van der Waals surface area (Å²) in [5.74, 6) is 0. The first-order valence-electron chi connectivity index (χ1n) is 24.6. The molecule has 0 amide bonds. The van der Waals surface area contributed by atoms with Gasteiger partial charge >= 0.3 is 0 Å². The molecule has 0 aliphatic rings. The number of hydrogen-bond donors (Lipinski definition) is 0. The van der Waals surface area contributed by atoms with Crippen molar-refractivity contribution in [1.29, 1.82) is 0 Å². The Labute approximate surface area is 371 Å². The van der Waals surface area contributed by atoms with Crippen LogP contribution in [0.4, 0.5) is 17.1 Å². The van der Waals surface area contributed by atoms with Crippen LogP contribution in [0.15, 0.2) is 241 Å². The Morgan fingerprint density at radius 3 is 1.65 bits per heavy atom. The molecular weight excluding hydrogens is 751 g/mol. The predicted molar refractivity (Wildman–Crippen MR) is 263 cm³/mol. The van der Waals surface area contributed by atoms with Crippen LogP contribution in [0.25, 0.3) is 98.8 Å². The number of para-hydroxylation sites is 1. The Balaban J connectivity index is 1.12. The highest BCUT2D eigenvalue weighted by Crippen LogP contribution is 2.46. The van der Waals surface area contributed by atoms with Crippen LogP contribution in [0.1, 0.15) is 11.0 Å². The molecule has 1 aromatic heterocycles. The second-order valence-corrected chi connectivity index (χ2v) is 15.4. The summed E-state index contributed by atoms with van der Waals surface area (Å²) in [4.78, 5) is 1.40. The van der Waals surface area contributed by atoms with Crippen molar-refractivity contribution in [2.45, 2.75) is 0 Å². The molecule has 1 heterocycles. The maximum absolute atomic E-state index is 9.86. The normalized spacial score (nSPS) is 13.4. The van der Waals surface area contributed by atoms with Gasteiger partial charge in [0.2, 0.25) is 0 Å². The molecule has 11 aromatic carbocycles. The average Bonchev–Trinajstić information content (AvgIpc) is 3.80. The van der Waals surface area contributed by atoms with Gasteiger partial charge in [-0.05, 0) is 120 Å². The SMILES string of the molecule is [2H]c1c([2H])c(N(c2ccccc2-c2cccc3oc4c5ccccc5ccc4c23)c2c([2H])c([2H])c(-c3ccc4c(ccc5ccccc54)c3)c([2H])c2[2H])c([2H])c([2H])c1-c1cccc(-c2ccccc2)c1. The van der Waals surface area contributed by atoms with Crippen molar-refractivity contribution in [2.75, 3.05) is 4.90 Å². The molecule has 0 atom stereocenters. The van der Waals surface area contributed by atoms with E-state index in [-0.39, 0.29) is 46.7 Å². The summed E-state index contributed by atoms with van der Waals surface area (Å²) < 4.78 is 84.5. The lowest BCUT2D eigenvalue weighted by Crippen LogP contribution is -2.11. The summed E-state index contributed by atoms with van der Waals surface area (Å²) in [5, 5.41) is 7.60. The lowest BCUT2D eigenvalue weighted by atomic mass is 9.95. The fraction of sp³-hybridized carbons (Fsp3) is 0. The third-order valence-corrected chi connectivity index (χ3v) is 11.8. The lowest BCUT2D eigenvalue weighted by molar-refractivity contribution is 0.673. The van der Waals surface area contributed by atoms with Gasteiger partial charge in [-0.3, -0.25) is 0 Å². The van der Waals surface area contributed by atoms with Gasteiger partial charge in [0.1, 0.15) is 11.2 Å². The van der Waals surface area contributed by atoms with Gasteiger partial charge < -0.3 is 9.32 Å². The molecule has 2 heteroatoms. The second-order valence-electron chi connectivity index (χ2n) is 15.4. The van der Waals surface area contributed by atoms with E-state index in [9.17, 15) is 11.0 Å². The Morgan fingerprint density at radius 1 is 0.339 bits per heavy atom. The van der Waals surface area contributed by atoms with Crippen molar-refractivity contribution in [1.82, 2.24) is 0 Å². The standard InChI is InChI=1S/C60H39NO/c1-2-12-40(13-3-1)45-16-10-17-46(38-45)41-26-32-49(33-27-41)61(50-34-28-42(29-35-50)47-31-36-52-48(39-47)25-24-43-14-4-6-18-51(43)52)57-22-9-8-20-54(57)55-21-11-23-58-59(55)56-37-30-44-15-5-7-19-53(44)60(56)62-58/h1-39H/i26D,27D,28D,29D,32D,33D,34D,35D. The molecule has 62 heavy (non-hydrogen) atoms. The smallest absolute Gasteiger partial charge is 0.143 e. The number of nitrogens with zero attached hydrogens (tertiary/aromatic N) is 1. The van der Waals surface area contributed by atoms with E-state index < -0.39 is 24.2 Å². The minimum Gasteiger partial charge on any atom is -0.455 e. The van der Waals surface area contributed by atoms with Gasteiger partial charge in [0, 0.05) is 33.1 Å². The summed E-state index contributed by atoms with van der Waals surface area (Å²) in [6.07, 6.45) is 0. The number of furan rings is 1. The number of fused-ring (bicyclic) bond motifs is 8. The minimum absolute atomic E-state index is 0.0885. The zero-order valence-electron chi connectivity index (χ0n) is 41.3. The van der Waals surface area contributed by atoms with E-state index in [1.807, 2.05) is 170 Å². The monoisotopic (exact) mass is 797 g/mol. The van der Waals surface area contributed by atoms with Crippen LogP contribution in [-0.4, -0.2) is 0 Å². The fourth-order valence-corrected chi connectivity index (χ4v) is 8.80. The van der Waals surface area contributed by atoms with Crippen molar-refractivity contribution >= 4 is 71.3 Å². The van der Waals surface area contributed by atoms with Gasteiger partial charge in [0.15, 0.2) is 0 Å². The van der Waals surface area contributed by atoms with E-state index in [1.54, 1.807) is 18.2 Å². The van der Waals surface area contributed by atoms with E-state index in [0.29, 0.717) is 39.1 Å². The van der Waals surface area contributed by atoms with Crippen LogP contribution < -0.4 is 4.90 Å². The molecule has 0 aliphatic heterocycles. The van der Waals surface area contributed by atoms with Crippen LogP contribution >= 0.6 is 0 Å². The largest absolute Gasteiger partial charge is 0.455 e. The maximum atomic E-state index is 9.86. The van der Waals surface area contributed by atoms with Crippen LogP contribution in [0, 0.1) is 0 Å². The van der Waals surface area contributed by atoms with E-state index >= 15 is 0 Å². The summed E-state index contributed by atoms with van der Waals surface area (Å²) in [7, 11) is 0. The topological polar surface area (TPSA) is 16.4 Å². The molecule has 0 fully saturated rings. The Hall–Kier alpha value is -8.20. The van der Waals surface area contributed by atoms with Crippen molar-refractivity contribution in [3.63, 3.8) is 0 Å². The number of benzene rings is 11. The molecule has 0 bridgehead atoms. The first kappa shape index (κ1) is 28.3. The van der Waals surface area contributed by atoms with Gasteiger partial charge in [-0.1, -0.05) is 182 Å². The Morgan fingerprint density at radius 2 is 0.871 bits per heavy atom. The second kappa shape index (κ2) is 14.8. The summed E-state index contributed by atoms with van der Waals surface area (Å²) >= 11 is 0. The third kappa shape index (κ3) is 6.12. The van der Waals surface area contributed by atoms with Gasteiger partial charge in [0.25, 0.3) is 0 Å². The van der Waals surface area contributed by atoms with Gasteiger partial charge in [-0.15, -0.1) is 0 Å². The number of anilines is 3. The molecule has 0 saturated carbocycles. The fourth-order valence-electron chi connectivity index (χ4n) is 8.80. The molecule has 12 aromatic rings. The first-order valence-corrected chi connectivity index (χ1v) is 20.6. The molecule has 0 aliphatic carbocycles. The Kier molecular flexibility index (Phi) is 6.76. The zero-order valence-corrected chi connectivity index (χ0v) is 33.3. The van der Waals surface area contributed by atoms with E-state index in [1.165, 1.54) is 4.90 Å². The van der Waals surface area contributed by atoms with Crippen molar-refractivity contribution < 1.29 is 15.4 Å². The molecule has 12 rings (SSSR count). The highest BCUT2D eigenvalue weighted by Gasteiger charge is 2.21. The maximum Gasteiger partial charge on any atom is 0.143 e. The zero-order chi connectivity index (χ0) is 47.9. The quantitative estimate of drug-likeness (QED) is 0.149. The molecule has 2 nitrogen and oxygen atoms in total. The van der Waals surface area contributed by atoms with E-state index in [4.69, 9.17) is 4.42 Å². The summed E-state index contributed by atoms with van der Waals surface area (Å²) in [5.41, 5.74) is 5.40. The number of hydrogen-bond acceptors (Lipinski definition) is 2. The molecule has 0 unspecified atom stereocenters. The van der Waals surface area contributed by atoms with Crippen molar-refractivity contribution in [3.8, 4) is 44.5 Å². The number of rotatable bonds is 7. The third-order valence-electron chi connectivity index (χ3n) is 11.8. The van der Waals surface area contributed by atoms with Crippen LogP contribution in [0.5, 0.6) is 0 Å². The summed E-state index contributed by atoms with van der Waals surface area (Å²) in [6, 6.07) is 56.9. The Bertz CT molecular complexity index is 4070. The van der Waals surface area contributed by atoms with E-state index in [0.717, 1.165) is 54.2 Å². The predicted octanol–water partition coefficient (Wildman–Crippen LogP) is 17.2. The highest BCUT2D eigenvalue weighted by atomic mass is 16.3. The summed E-state index contributed by atoms with van der Waals surface area (Å²) in [6.45, 7) is 0. The van der Waals surface area contributed by atoms with Crippen LogP contribution in [0.3, 0.4) is 0 Å². The lowest BCUT2D eigenvalue weighted by Gasteiger charge is -2.28. The van der Waals surface area contributed by atoms with Gasteiger partial charge in [-0.2, -0.15) is 0 Å². The first-order chi connectivity index (χ1) is 34.1. The van der Waals surface area contributed by atoms with Crippen LogP contribution in [-0.2, 0) is 0 Å². The van der Waals surface area contributed by atoms with Crippen molar-refractivity contribution in [3.05, 3.63) is 236 Å². The molecule has 0 spiro atoms. The average molecular weight is 798 g/mol. The molecule has 290 valence electrons. The molecule has 0 N–H and O–H groups in total. The molecule has 0 radical (unpaired) electrons. The van der Waals surface area contributed by atoms with Gasteiger partial charge in [-0.25, -0.2) is 0 Å². The van der Waals surface area contributed by atoms with Crippen molar-refractivity contribution in [2.24, 2.45) is 0 Å².